The zero-order valence-corrected chi connectivity index (χ0v) is 16.3. The van der Waals surface area contributed by atoms with Crippen LogP contribution in [-0.4, -0.2) is 47.9 Å². The summed E-state index contributed by atoms with van der Waals surface area (Å²) in [6.07, 6.45) is 5.23. The summed E-state index contributed by atoms with van der Waals surface area (Å²) in [6.45, 7) is 1.43. The van der Waals surface area contributed by atoms with Gasteiger partial charge in [0.1, 0.15) is 11.5 Å². The Kier molecular flexibility index (Phi) is 4.81. The number of aryl methyl sites for hydroxylation is 1. The van der Waals surface area contributed by atoms with Crippen molar-refractivity contribution in [1.82, 2.24) is 14.7 Å². The molecule has 0 unspecified atom stereocenters. The Morgan fingerprint density at radius 2 is 2.00 bits per heavy atom. The van der Waals surface area contributed by atoms with E-state index in [0.29, 0.717) is 12.2 Å². The van der Waals surface area contributed by atoms with Crippen LogP contribution in [0.3, 0.4) is 0 Å². The molecule has 2 aliphatic rings. The fourth-order valence-electron chi connectivity index (χ4n) is 4.45. The molecule has 1 aliphatic heterocycles. The normalized spacial score (nSPS) is 19.1. The van der Waals surface area contributed by atoms with Crippen molar-refractivity contribution in [3.63, 3.8) is 0 Å². The molecule has 6 nitrogen and oxygen atoms in total. The molecule has 27 heavy (non-hydrogen) atoms. The number of hydrogen-bond acceptors (Lipinski definition) is 4. The van der Waals surface area contributed by atoms with Crippen molar-refractivity contribution in [2.75, 3.05) is 27.3 Å². The van der Waals surface area contributed by atoms with E-state index in [2.05, 4.69) is 5.10 Å². The van der Waals surface area contributed by atoms with Gasteiger partial charge in [-0.15, -0.1) is 0 Å². The Morgan fingerprint density at radius 3 is 2.78 bits per heavy atom. The SMILES string of the molecule is COc1ccc(OC)c([C@H]2CCN(C(=O)c3nn(C)c4c3CCCC4)C2)c1. The summed E-state index contributed by atoms with van der Waals surface area (Å²) in [6, 6.07) is 5.87. The average Bonchev–Trinajstić information content (AvgIpc) is 3.32. The second kappa shape index (κ2) is 7.25. The fourth-order valence-corrected chi connectivity index (χ4v) is 4.45. The van der Waals surface area contributed by atoms with Gasteiger partial charge < -0.3 is 14.4 Å². The van der Waals surface area contributed by atoms with E-state index in [0.717, 1.165) is 54.9 Å². The number of likely N-dealkylation sites (tertiary alicyclic amines) is 1. The molecule has 1 saturated heterocycles. The molecule has 0 radical (unpaired) electrons. The van der Waals surface area contributed by atoms with Crippen LogP contribution in [0.4, 0.5) is 0 Å². The molecular formula is C21H27N3O3. The zero-order valence-electron chi connectivity index (χ0n) is 16.3. The maximum atomic E-state index is 13.2. The molecule has 2 aromatic rings. The van der Waals surface area contributed by atoms with E-state index in [1.807, 2.05) is 34.8 Å². The molecule has 1 amide bonds. The van der Waals surface area contributed by atoms with Crippen LogP contribution in [0.25, 0.3) is 0 Å². The van der Waals surface area contributed by atoms with Crippen LogP contribution >= 0.6 is 0 Å². The predicted molar refractivity (Wildman–Crippen MR) is 103 cm³/mol. The molecular weight excluding hydrogens is 342 g/mol. The minimum Gasteiger partial charge on any atom is -0.497 e. The van der Waals surface area contributed by atoms with Crippen molar-refractivity contribution in [1.29, 1.82) is 0 Å². The molecule has 1 aromatic heterocycles. The van der Waals surface area contributed by atoms with E-state index >= 15 is 0 Å². The van der Waals surface area contributed by atoms with Crippen LogP contribution in [0, 0.1) is 0 Å². The van der Waals surface area contributed by atoms with Gasteiger partial charge in [0.25, 0.3) is 5.91 Å². The average molecular weight is 369 g/mol. The van der Waals surface area contributed by atoms with Crippen LogP contribution in [0.1, 0.15) is 52.5 Å². The number of aromatic nitrogens is 2. The molecule has 2 heterocycles. The van der Waals surface area contributed by atoms with Crippen molar-refractivity contribution in [2.45, 2.75) is 38.0 Å². The second-order valence-electron chi connectivity index (χ2n) is 7.45. The fraction of sp³-hybridized carbons (Fsp3) is 0.524. The molecule has 1 fully saturated rings. The minimum absolute atomic E-state index is 0.0677. The molecule has 1 aromatic carbocycles. The summed E-state index contributed by atoms with van der Waals surface area (Å²) in [7, 11) is 5.30. The van der Waals surface area contributed by atoms with E-state index < -0.39 is 0 Å². The molecule has 6 heteroatoms. The molecule has 0 N–H and O–H groups in total. The van der Waals surface area contributed by atoms with E-state index in [1.54, 1.807) is 14.2 Å². The monoisotopic (exact) mass is 369 g/mol. The number of carbonyl (C=O) groups excluding carboxylic acids is 1. The number of ether oxygens (including phenoxy) is 2. The third kappa shape index (κ3) is 3.17. The lowest BCUT2D eigenvalue weighted by atomic mass is 9.95. The highest BCUT2D eigenvalue weighted by Gasteiger charge is 2.33. The van der Waals surface area contributed by atoms with Gasteiger partial charge in [-0.3, -0.25) is 9.48 Å². The predicted octanol–water partition coefficient (Wildman–Crippen LogP) is 2.95. The maximum absolute atomic E-state index is 13.2. The van der Waals surface area contributed by atoms with E-state index in [1.165, 1.54) is 12.1 Å². The summed E-state index contributed by atoms with van der Waals surface area (Å²) >= 11 is 0. The topological polar surface area (TPSA) is 56.6 Å². The van der Waals surface area contributed by atoms with Gasteiger partial charge in [-0.1, -0.05) is 0 Å². The van der Waals surface area contributed by atoms with Gasteiger partial charge in [-0.05, 0) is 50.3 Å². The Labute approximate surface area is 160 Å². The first-order chi connectivity index (χ1) is 13.1. The number of benzene rings is 1. The summed E-state index contributed by atoms with van der Waals surface area (Å²) < 4.78 is 12.8. The highest BCUT2D eigenvalue weighted by atomic mass is 16.5. The van der Waals surface area contributed by atoms with Crippen molar-refractivity contribution >= 4 is 5.91 Å². The Bertz CT molecular complexity index is 859. The van der Waals surface area contributed by atoms with Gasteiger partial charge in [0.15, 0.2) is 5.69 Å². The third-order valence-corrected chi connectivity index (χ3v) is 5.92. The smallest absolute Gasteiger partial charge is 0.274 e. The van der Waals surface area contributed by atoms with Gasteiger partial charge in [0, 0.05) is 42.9 Å². The summed E-state index contributed by atoms with van der Waals surface area (Å²) in [5, 5.41) is 4.58. The van der Waals surface area contributed by atoms with Crippen molar-refractivity contribution in [3.8, 4) is 11.5 Å². The number of fused-ring (bicyclic) bond motifs is 1. The number of methoxy groups -OCH3 is 2. The van der Waals surface area contributed by atoms with Gasteiger partial charge in [0.2, 0.25) is 0 Å². The lowest BCUT2D eigenvalue weighted by Crippen LogP contribution is -2.30. The number of carbonyl (C=O) groups is 1. The van der Waals surface area contributed by atoms with E-state index in [4.69, 9.17) is 9.47 Å². The first kappa shape index (κ1) is 17.9. The third-order valence-electron chi connectivity index (χ3n) is 5.92. The highest BCUT2D eigenvalue weighted by Crippen LogP contribution is 2.36. The van der Waals surface area contributed by atoms with Gasteiger partial charge >= 0.3 is 0 Å². The van der Waals surface area contributed by atoms with Crippen LogP contribution in [0.5, 0.6) is 11.5 Å². The quantitative estimate of drug-likeness (QED) is 0.831. The van der Waals surface area contributed by atoms with Crippen molar-refractivity contribution in [3.05, 3.63) is 40.7 Å². The lowest BCUT2D eigenvalue weighted by molar-refractivity contribution is 0.0783. The summed E-state index contributed by atoms with van der Waals surface area (Å²) in [4.78, 5) is 15.1. The largest absolute Gasteiger partial charge is 0.497 e. The summed E-state index contributed by atoms with van der Waals surface area (Å²) in [5.41, 5.74) is 4.16. The number of amides is 1. The number of rotatable bonds is 4. The van der Waals surface area contributed by atoms with Crippen LogP contribution in [0.15, 0.2) is 18.2 Å². The molecule has 0 bridgehead atoms. The zero-order chi connectivity index (χ0) is 19.0. The number of nitrogens with zero attached hydrogens (tertiary/aromatic N) is 3. The Morgan fingerprint density at radius 1 is 1.19 bits per heavy atom. The highest BCUT2D eigenvalue weighted by molar-refractivity contribution is 5.94. The minimum atomic E-state index is 0.0677. The van der Waals surface area contributed by atoms with Crippen LogP contribution in [0.2, 0.25) is 0 Å². The molecule has 1 atom stereocenters. The van der Waals surface area contributed by atoms with E-state index in [-0.39, 0.29) is 11.8 Å². The molecule has 1 aliphatic carbocycles. The van der Waals surface area contributed by atoms with Crippen LogP contribution in [-0.2, 0) is 19.9 Å². The Balaban J connectivity index is 1.56. The van der Waals surface area contributed by atoms with Crippen molar-refractivity contribution < 1.29 is 14.3 Å². The van der Waals surface area contributed by atoms with Gasteiger partial charge in [0.05, 0.1) is 14.2 Å². The number of hydrogen-bond donors (Lipinski definition) is 0. The Hall–Kier alpha value is -2.50. The summed E-state index contributed by atoms with van der Waals surface area (Å²) in [5.74, 6) is 1.98. The second-order valence-corrected chi connectivity index (χ2v) is 7.45. The molecule has 0 saturated carbocycles. The van der Waals surface area contributed by atoms with Crippen molar-refractivity contribution in [2.24, 2.45) is 7.05 Å². The first-order valence-electron chi connectivity index (χ1n) is 9.68. The van der Waals surface area contributed by atoms with Crippen LogP contribution < -0.4 is 9.47 Å². The van der Waals surface area contributed by atoms with Gasteiger partial charge in [-0.25, -0.2) is 0 Å². The molecule has 144 valence electrons. The molecule has 4 rings (SSSR count). The van der Waals surface area contributed by atoms with Gasteiger partial charge in [-0.2, -0.15) is 5.10 Å². The standard InChI is InChI=1S/C21H27N3O3/c1-23-18-7-5-4-6-16(18)20(22-23)21(25)24-11-10-14(13-24)17-12-15(26-2)8-9-19(17)27-3/h8-9,12,14H,4-7,10-11,13H2,1-3H3/t14-/m0/s1. The molecule has 0 spiro atoms. The maximum Gasteiger partial charge on any atom is 0.274 e. The first-order valence-corrected chi connectivity index (χ1v) is 9.68. The lowest BCUT2D eigenvalue weighted by Gasteiger charge is -2.19. The van der Waals surface area contributed by atoms with E-state index in [9.17, 15) is 4.79 Å².